The van der Waals surface area contributed by atoms with Gasteiger partial charge in [0, 0.05) is 39.8 Å². The lowest BCUT2D eigenvalue weighted by Gasteiger charge is -2.33. The summed E-state index contributed by atoms with van der Waals surface area (Å²) in [4.78, 5) is 51.4. The molecule has 0 saturated carbocycles. The van der Waals surface area contributed by atoms with Crippen molar-refractivity contribution >= 4 is 23.8 Å². The first-order chi connectivity index (χ1) is 22.5. The van der Waals surface area contributed by atoms with Crippen LogP contribution < -0.4 is 26.0 Å². The van der Waals surface area contributed by atoms with Gasteiger partial charge in [-0.3, -0.25) is 14.4 Å². The lowest BCUT2D eigenvalue weighted by molar-refractivity contribution is -0.128. The number of rotatable bonds is 21. The number of benzene rings is 1. The van der Waals surface area contributed by atoms with Gasteiger partial charge in [-0.1, -0.05) is 46.8 Å². The number of para-hydroxylation sites is 1. The Hall–Kier alpha value is -3.38. The molecule has 5 atom stereocenters. The standard InChI is InChI=1S/C36H62N4O8/c1-23(2)26(22-39-33(43)27-15-11-12-16-31(27)47-18-14-13-17-46-10)19-29(40-35(45)48-36(6,7)8)30(41)20-28(24(3)4)34(44)38-21-25(5)32(42)37-9/h11-12,15-16,23-26,28-30,41H,13-14,17-22H2,1-10H3,(H,37,42)(H,38,44)(H,39,43)(H,40,45)/t25?,26-,28-,29-,30-/m0/s1. The molecule has 12 heteroatoms. The third-order valence-corrected chi connectivity index (χ3v) is 8.24. The van der Waals surface area contributed by atoms with E-state index < -0.39 is 35.7 Å². The highest BCUT2D eigenvalue weighted by Crippen LogP contribution is 2.25. The van der Waals surface area contributed by atoms with Crippen LogP contribution in [0.25, 0.3) is 0 Å². The SMILES string of the molecule is CNC(=O)C(C)CNC(=O)[C@@H](C[C@H](O)[C@H](C[C@@H](CNC(=O)c1ccccc1OCCCCOC)C(C)C)NC(=O)OC(C)(C)C)C(C)C. The summed E-state index contributed by atoms with van der Waals surface area (Å²) in [6.45, 7) is 16.3. The predicted molar refractivity (Wildman–Crippen MR) is 187 cm³/mol. The number of methoxy groups -OCH3 is 1. The second-order valence-corrected chi connectivity index (χ2v) is 14.2. The topological polar surface area (TPSA) is 164 Å². The van der Waals surface area contributed by atoms with Crippen molar-refractivity contribution in [2.24, 2.45) is 29.6 Å². The van der Waals surface area contributed by atoms with Crippen molar-refractivity contribution in [1.82, 2.24) is 21.3 Å². The van der Waals surface area contributed by atoms with Crippen molar-refractivity contribution in [1.29, 1.82) is 0 Å². The number of ether oxygens (including phenoxy) is 3. The summed E-state index contributed by atoms with van der Waals surface area (Å²) in [5, 5.41) is 22.8. The third-order valence-electron chi connectivity index (χ3n) is 8.24. The van der Waals surface area contributed by atoms with E-state index in [-0.39, 0.29) is 55.0 Å². The van der Waals surface area contributed by atoms with E-state index in [0.717, 1.165) is 12.8 Å². The molecule has 1 rings (SSSR count). The highest BCUT2D eigenvalue weighted by molar-refractivity contribution is 5.96. The zero-order valence-corrected chi connectivity index (χ0v) is 30.8. The maximum atomic E-state index is 13.3. The Balaban J connectivity index is 3.11. The van der Waals surface area contributed by atoms with Crippen LogP contribution in [0, 0.1) is 29.6 Å². The first kappa shape index (κ1) is 42.6. The van der Waals surface area contributed by atoms with Gasteiger partial charge in [-0.2, -0.15) is 0 Å². The minimum atomic E-state index is -1.10. The molecule has 0 radical (unpaired) electrons. The van der Waals surface area contributed by atoms with Crippen LogP contribution in [0.3, 0.4) is 0 Å². The van der Waals surface area contributed by atoms with Crippen molar-refractivity contribution in [2.75, 3.05) is 40.5 Å². The fraction of sp³-hybridized carbons (Fsp3) is 0.722. The molecule has 5 N–H and O–H groups in total. The number of nitrogens with one attached hydrogen (secondary N) is 4. The molecule has 48 heavy (non-hydrogen) atoms. The molecule has 1 aromatic carbocycles. The molecule has 1 aromatic rings. The Bertz CT molecular complexity index is 1140. The normalized spacial score (nSPS) is 14.8. The number of carbonyl (C=O) groups excluding carboxylic acids is 4. The highest BCUT2D eigenvalue weighted by atomic mass is 16.6. The molecule has 0 heterocycles. The number of unbranched alkanes of at least 4 members (excludes halogenated alkanes) is 1. The summed E-state index contributed by atoms with van der Waals surface area (Å²) in [5.41, 5.74) is -0.335. The fourth-order valence-corrected chi connectivity index (χ4v) is 5.15. The van der Waals surface area contributed by atoms with Gasteiger partial charge in [0.2, 0.25) is 11.8 Å². The first-order valence-corrected chi connectivity index (χ1v) is 17.2. The van der Waals surface area contributed by atoms with Gasteiger partial charge in [0.1, 0.15) is 11.4 Å². The molecular formula is C36H62N4O8. The smallest absolute Gasteiger partial charge is 0.407 e. The molecule has 0 aliphatic heterocycles. The summed E-state index contributed by atoms with van der Waals surface area (Å²) in [5.74, 6) is -1.44. The Morgan fingerprint density at radius 1 is 0.854 bits per heavy atom. The number of aliphatic hydroxyl groups is 1. The largest absolute Gasteiger partial charge is 0.493 e. The van der Waals surface area contributed by atoms with Crippen LogP contribution in [-0.4, -0.2) is 87.1 Å². The highest BCUT2D eigenvalue weighted by Gasteiger charge is 2.33. The lowest BCUT2D eigenvalue weighted by Crippen LogP contribution is -2.49. The second kappa shape index (κ2) is 21.6. The van der Waals surface area contributed by atoms with Crippen molar-refractivity contribution in [3.05, 3.63) is 29.8 Å². The second-order valence-electron chi connectivity index (χ2n) is 14.2. The molecular weight excluding hydrogens is 616 g/mol. The van der Waals surface area contributed by atoms with Gasteiger partial charge in [0.05, 0.1) is 30.2 Å². The van der Waals surface area contributed by atoms with E-state index in [4.69, 9.17) is 14.2 Å². The minimum absolute atomic E-state index is 0.0723. The van der Waals surface area contributed by atoms with Crippen molar-refractivity contribution in [3.63, 3.8) is 0 Å². The zero-order chi connectivity index (χ0) is 36.4. The molecule has 0 bridgehead atoms. The summed E-state index contributed by atoms with van der Waals surface area (Å²) in [7, 11) is 3.20. The Kier molecular flexibility index (Phi) is 19.2. The number of hydrogen-bond donors (Lipinski definition) is 5. The van der Waals surface area contributed by atoms with Crippen LogP contribution in [0.4, 0.5) is 4.79 Å². The fourth-order valence-electron chi connectivity index (χ4n) is 5.15. The first-order valence-electron chi connectivity index (χ1n) is 17.2. The van der Waals surface area contributed by atoms with E-state index >= 15 is 0 Å². The maximum Gasteiger partial charge on any atom is 0.407 e. The molecule has 0 aliphatic rings. The van der Waals surface area contributed by atoms with Gasteiger partial charge >= 0.3 is 6.09 Å². The molecule has 0 aromatic heterocycles. The molecule has 0 spiro atoms. The van der Waals surface area contributed by atoms with Crippen LogP contribution in [0.15, 0.2) is 24.3 Å². The monoisotopic (exact) mass is 678 g/mol. The van der Waals surface area contributed by atoms with Crippen LogP contribution in [-0.2, 0) is 19.1 Å². The minimum Gasteiger partial charge on any atom is -0.493 e. The summed E-state index contributed by atoms with van der Waals surface area (Å²) in [6.07, 6.45) is 0.254. The van der Waals surface area contributed by atoms with Crippen LogP contribution in [0.5, 0.6) is 5.75 Å². The van der Waals surface area contributed by atoms with Gasteiger partial charge < -0.3 is 40.6 Å². The van der Waals surface area contributed by atoms with Crippen molar-refractivity contribution in [2.45, 2.75) is 98.8 Å². The lowest BCUT2D eigenvalue weighted by atomic mass is 9.82. The molecule has 0 fully saturated rings. The number of aliphatic hydroxyl groups excluding tert-OH is 1. The summed E-state index contributed by atoms with van der Waals surface area (Å²) in [6, 6.07) is 6.31. The van der Waals surface area contributed by atoms with E-state index in [1.807, 2.05) is 33.8 Å². The van der Waals surface area contributed by atoms with Crippen LogP contribution in [0.1, 0.15) is 91.4 Å². The van der Waals surface area contributed by atoms with E-state index in [2.05, 4.69) is 21.3 Å². The molecule has 0 saturated heterocycles. The number of carbonyl (C=O) groups is 4. The Morgan fingerprint density at radius 2 is 1.50 bits per heavy atom. The van der Waals surface area contributed by atoms with Crippen LogP contribution in [0.2, 0.25) is 0 Å². The quantitative estimate of drug-likeness (QED) is 0.120. The van der Waals surface area contributed by atoms with E-state index in [1.165, 1.54) is 0 Å². The Labute approximate surface area is 287 Å². The van der Waals surface area contributed by atoms with Crippen molar-refractivity contribution in [3.8, 4) is 5.75 Å². The summed E-state index contributed by atoms with van der Waals surface area (Å²) < 4.78 is 16.5. The average molecular weight is 679 g/mol. The molecule has 4 amide bonds. The van der Waals surface area contributed by atoms with Crippen LogP contribution >= 0.6 is 0 Å². The Morgan fingerprint density at radius 3 is 2.08 bits per heavy atom. The molecule has 0 aliphatic carbocycles. The number of amides is 4. The van der Waals surface area contributed by atoms with Gasteiger partial charge in [-0.25, -0.2) is 4.79 Å². The summed E-state index contributed by atoms with van der Waals surface area (Å²) >= 11 is 0. The van der Waals surface area contributed by atoms with Gasteiger partial charge in [-0.15, -0.1) is 0 Å². The van der Waals surface area contributed by atoms with E-state index in [1.54, 1.807) is 60.1 Å². The number of hydrogen-bond acceptors (Lipinski definition) is 8. The van der Waals surface area contributed by atoms with Crippen molar-refractivity contribution < 1.29 is 38.5 Å². The predicted octanol–water partition coefficient (Wildman–Crippen LogP) is 4.30. The molecule has 274 valence electrons. The molecule has 1 unspecified atom stereocenters. The van der Waals surface area contributed by atoms with Gasteiger partial charge in [0.15, 0.2) is 0 Å². The maximum absolute atomic E-state index is 13.3. The number of alkyl carbamates (subject to hydrolysis) is 1. The van der Waals surface area contributed by atoms with E-state index in [9.17, 15) is 24.3 Å². The third kappa shape index (κ3) is 16.1. The molecule has 12 nitrogen and oxygen atoms in total. The zero-order valence-electron chi connectivity index (χ0n) is 30.8. The van der Waals surface area contributed by atoms with E-state index in [0.29, 0.717) is 30.9 Å². The van der Waals surface area contributed by atoms with Gasteiger partial charge in [0.25, 0.3) is 5.91 Å². The average Bonchev–Trinajstić information content (AvgIpc) is 3.01. The van der Waals surface area contributed by atoms with Gasteiger partial charge in [-0.05, 0) is 76.3 Å².